The number of hydrogen-bond donors (Lipinski definition) is 2. The van der Waals surface area contributed by atoms with Gasteiger partial charge in [0.15, 0.2) is 5.82 Å². The summed E-state index contributed by atoms with van der Waals surface area (Å²) in [5.41, 5.74) is 1.01. The Hall–Kier alpha value is -2.11. The monoisotopic (exact) mass is 274 g/mol. The molecule has 6 heteroatoms. The van der Waals surface area contributed by atoms with Gasteiger partial charge in [-0.3, -0.25) is 4.68 Å². The van der Waals surface area contributed by atoms with Crippen molar-refractivity contribution >= 4 is 17.5 Å². The smallest absolute Gasteiger partial charge is 0.153 e. The van der Waals surface area contributed by atoms with Crippen LogP contribution in [0.3, 0.4) is 0 Å². The Morgan fingerprint density at radius 2 is 1.95 bits per heavy atom. The second-order valence-electron chi connectivity index (χ2n) is 4.74. The van der Waals surface area contributed by atoms with E-state index in [0.717, 1.165) is 48.2 Å². The van der Waals surface area contributed by atoms with Gasteiger partial charge < -0.3 is 10.6 Å². The molecule has 2 heterocycles. The van der Waals surface area contributed by atoms with Gasteiger partial charge in [0.05, 0.1) is 0 Å². The van der Waals surface area contributed by atoms with Gasteiger partial charge in [-0.25, -0.2) is 9.97 Å². The molecule has 0 aliphatic rings. The number of aryl methyl sites for hydroxylation is 2. The van der Waals surface area contributed by atoms with Gasteiger partial charge in [-0.1, -0.05) is 6.92 Å². The molecule has 0 bridgehead atoms. The molecule has 0 aliphatic carbocycles. The maximum absolute atomic E-state index is 4.60. The Labute approximate surface area is 119 Å². The number of rotatable bonds is 6. The highest BCUT2D eigenvalue weighted by Gasteiger charge is 2.11. The molecule has 20 heavy (non-hydrogen) atoms. The highest BCUT2D eigenvalue weighted by atomic mass is 15.3. The lowest BCUT2D eigenvalue weighted by molar-refractivity contribution is 0.770. The molecule has 0 saturated carbocycles. The molecule has 0 aromatic carbocycles. The average Bonchev–Trinajstić information content (AvgIpc) is 2.81. The summed E-state index contributed by atoms with van der Waals surface area (Å²) in [5, 5.41) is 10.9. The van der Waals surface area contributed by atoms with Crippen LogP contribution in [0.1, 0.15) is 31.7 Å². The van der Waals surface area contributed by atoms with E-state index in [2.05, 4.69) is 39.5 Å². The fourth-order valence-electron chi connectivity index (χ4n) is 1.96. The first-order valence-electron chi connectivity index (χ1n) is 7.02. The maximum atomic E-state index is 4.60. The Bertz CT molecular complexity index is 575. The summed E-state index contributed by atoms with van der Waals surface area (Å²) in [7, 11) is 1.89. The molecule has 0 aliphatic heterocycles. The van der Waals surface area contributed by atoms with Crippen LogP contribution in [-0.4, -0.2) is 26.3 Å². The first-order valence-corrected chi connectivity index (χ1v) is 7.02. The normalized spacial score (nSPS) is 10.6. The van der Waals surface area contributed by atoms with Crippen LogP contribution >= 0.6 is 0 Å². The van der Waals surface area contributed by atoms with Gasteiger partial charge in [0, 0.05) is 37.8 Å². The summed E-state index contributed by atoms with van der Waals surface area (Å²) in [6.07, 6.45) is 3.80. The summed E-state index contributed by atoms with van der Waals surface area (Å²) in [5.74, 6) is 3.36. The Morgan fingerprint density at radius 3 is 2.55 bits per heavy atom. The van der Waals surface area contributed by atoms with Gasteiger partial charge in [-0.15, -0.1) is 0 Å². The molecule has 6 nitrogen and oxygen atoms in total. The second-order valence-corrected chi connectivity index (χ2v) is 4.74. The molecule has 0 saturated heterocycles. The lowest BCUT2D eigenvalue weighted by Gasteiger charge is -2.13. The summed E-state index contributed by atoms with van der Waals surface area (Å²) in [4.78, 5) is 9.17. The van der Waals surface area contributed by atoms with E-state index in [1.54, 1.807) is 4.68 Å². The minimum atomic E-state index is 0.791. The average molecular weight is 274 g/mol. The van der Waals surface area contributed by atoms with Crippen molar-refractivity contribution in [1.29, 1.82) is 0 Å². The largest absolute Gasteiger partial charge is 0.370 e. The molecule has 2 N–H and O–H groups in total. The Kier molecular flexibility index (Phi) is 4.55. The molecular weight excluding hydrogens is 252 g/mol. The number of hydrogen-bond acceptors (Lipinski definition) is 5. The highest BCUT2D eigenvalue weighted by Crippen LogP contribution is 2.23. The van der Waals surface area contributed by atoms with Gasteiger partial charge in [0.2, 0.25) is 0 Å². The third-order valence-corrected chi connectivity index (χ3v) is 2.97. The zero-order valence-electron chi connectivity index (χ0n) is 12.6. The van der Waals surface area contributed by atoms with Crippen LogP contribution < -0.4 is 10.6 Å². The van der Waals surface area contributed by atoms with Crippen LogP contribution in [0.2, 0.25) is 0 Å². The number of aromatic nitrogens is 4. The van der Waals surface area contributed by atoms with Gasteiger partial charge in [0.25, 0.3) is 0 Å². The minimum absolute atomic E-state index is 0.791. The molecule has 0 amide bonds. The van der Waals surface area contributed by atoms with Gasteiger partial charge >= 0.3 is 0 Å². The number of nitrogens with one attached hydrogen (secondary N) is 2. The molecule has 0 atom stereocenters. The van der Waals surface area contributed by atoms with Crippen LogP contribution in [0.4, 0.5) is 17.5 Å². The van der Waals surface area contributed by atoms with Gasteiger partial charge in [-0.05, 0) is 20.3 Å². The fourth-order valence-corrected chi connectivity index (χ4v) is 1.96. The number of anilines is 3. The quantitative estimate of drug-likeness (QED) is 0.847. The Morgan fingerprint density at radius 1 is 1.20 bits per heavy atom. The van der Waals surface area contributed by atoms with E-state index in [9.17, 15) is 0 Å². The van der Waals surface area contributed by atoms with Crippen LogP contribution in [0.5, 0.6) is 0 Å². The number of nitrogens with zero attached hydrogens (tertiary/aromatic N) is 4. The summed E-state index contributed by atoms with van der Waals surface area (Å²) >= 11 is 0. The molecule has 0 unspecified atom stereocenters. The zero-order valence-corrected chi connectivity index (χ0v) is 12.6. The summed E-state index contributed by atoms with van der Waals surface area (Å²) < 4.78 is 1.76. The van der Waals surface area contributed by atoms with Crippen molar-refractivity contribution < 1.29 is 0 Å². The van der Waals surface area contributed by atoms with Crippen molar-refractivity contribution in [2.24, 2.45) is 7.05 Å². The fraction of sp³-hybridized carbons (Fsp3) is 0.500. The van der Waals surface area contributed by atoms with Gasteiger partial charge in [0.1, 0.15) is 17.5 Å². The predicted octanol–water partition coefficient (Wildman–Crippen LogP) is 2.65. The zero-order chi connectivity index (χ0) is 14.5. The van der Waals surface area contributed by atoms with Crippen LogP contribution in [-0.2, 0) is 13.5 Å². The van der Waals surface area contributed by atoms with Crippen molar-refractivity contribution in [2.45, 2.75) is 33.6 Å². The molecule has 2 rings (SSSR count). The topological polar surface area (TPSA) is 67.7 Å². The SMILES string of the molecule is CCCc1nc(NCC)c(C)c(Nc2ccn(C)n2)n1. The lowest BCUT2D eigenvalue weighted by Crippen LogP contribution is -2.09. The molecule has 108 valence electrons. The van der Waals surface area contributed by atoms with E-state index in [1.807, 2.05) is 26.2 Å². The first kappa shape index (κ1) is 14.3. The third kappa shape index (κ3) is 3.26. The summed E-state index contributed by atoms with van der Waals surface area (Å²) in [6.45, 7) is 7.04. The van der Waals surface area contributed by atoms with Crippen LogP contribution in [0.15, 0.2) is 12.3 Å². The van der Waals surface area contributed by atoms with E-state index < -0.39 is 0 Å². The predicted molar refractivity (Wildman–Crippen MR) is 81.4 cm³/mol. The van der Waals surface area contributed by atoms with Crippen LogP contribution in [0, 0.1) is 6.92 Å². The first-order chi connectivity index (χ1) is 9.63. The van der Waals surface area contributed by atoms with E-state index in [1.165, 1.54) is 0 Å². The molecule has 0 radical (unpaired) electrons. The van der Waals surface area contributed by atoms with Crippen LogP contribution in [0.25, 0.3) is 0 Å². The third-order valence-electron chi connectivity index (χ3n) is 2.97. The van der Waals surface area contributed by atoms with E-state index >= 15 is 0 Å². The van der Waals surface area contributed by atoms with E-state index in [4.69, 9.17) is 0 Å². The standard InChI is InChI=1S/C14H22N6/c1-5-7-11-16-13(15-6-2)10(3)14(17-11)18-12-8-9-20(4)19-12/h8-9H,5-7H2,1-4H3,(H2,15,16,17,18,19). The lowest BCUT2D eigenvalue weighted by atomic mass is 10.2. The Balaban J connectivity index is 2.33. The van der Waals surface area contributed by atoms with Crippen molar-refractivity contribution in [3.63, 3.8) is 0 Å². The molecule has 2 aromatic rings. The van der Waals surface area contributed by atoms with E-state index in [0.29, 0.717) is 0 Å². The second kappa shape index (κ2) is 6.36. The molecular formula is C14H22N6. The summed E-state index contributed by atoms with van der Waals surface area (Å²) in [6, 6.07) is 1.92. The molecule has 2 aromatic heterocycles. The van der Waals surface area contributed by atoms with Crippen molar-refractivity contribution in [2.75, 3.05) is 17.2 Å². The van der Waals surface area contributed by atoms with Crippen molar-refractivity contribution in [3.8, 4) is 0 Å². The van der Waals surface area contributed by atoms with Gasteiger partial charge in [-0.2, -0.15) is 5.10 Å². The van der Waals surface area contributed by atoms with Crippen molar-refractivity contribution in [3.05, 3.63) is 23.7 Å². The minimum Gasteiger partial charge on any atom is -0.370 e. The van der Waals surface area contributed by atoms with E-state index in [-0.39, 0.29) is 0 Å². The van der Waals surface area contributed by atoms with Crippen molar-refractivity contribution in [1.82, 2.24) is 19.7 Å². The highest BCUT2D eigenvalue weighted by molar-refractivity contribution is 5.62. The molecule has 0 fully saturated rings. The maximum Gasteiger partial charge on any atom is 0.153 e. The molecule has 0 spiro atoms.